The van der Waals surface area contributed by atoms with Crippen LogP contribution in [0.25, 0.3) is 16.7 Å². The number of aromatic nitrogens is 4. The summed E-state index contributed by atoms with van der Waals surface area (Å²) in [6.07, 6.45) is 1.92. The van der Waals surface area contributed by atoms with Crippen LogP contribution in [0.4, 0.5) is 17.5 Å². The second-order valence-electron chi connectivity index (χ2n) is 7.11. The topological polar surface area (TPSA) is 145 Å². The van der Waals surface area contributed by atoms with Gasteiger partial charge in [-0.3, -0.25) is 4.79 Å². The van der Waals surface area contributed by atoms with Gasteiger partial charge in [0, 0.05) is 18.3 Å². The summed E-state index contributed by atoms with van der Waals surface area (Å²) in [4.78, 5) is 35.9. The summed E-state index contributed by atoms with van der Waals surface area (Å²) >= 11 is 12.5. The molecule has 0 aliphatic heterocycles. The zero-order valence-electron chi connectivity index (χ0n) is 17.5. The van der Waals surface area contributed by atoms with Crippen LogP contribution >= 0.6 is 23.2 Å². The van der Waals surface area contributed by atoms with Gasteiger partial charge in [0.25, 0.3) is 0 Å². The minimum atomic E-state index is -0.860. The van der Waals surface area contributed by atoms with Crippen LogP contribution in [0.1, 0.15) is 12.8 Å². The van der Waals surface area contributed by atoms with E-state index in [0.717, 1.165) is 4.57 Å². The molecule has 10 nitrogen and oxygen atoms in total. The lowest BCUT2D eigenvalue weighted by Gasteiger charge is -2.14. The molecule has 0 aliphatic carbocycles. The van der Waals surface area contributed by atoms with Gasteiger partial charge in [-0.05, 0) is 42.8 Å². The zero-order valence-corrected chi connectivity index (χ0v) is 19.0. The average Bonchev–Trinajstić information content (AvgIpc) is 2.79. The number of nitrogens with one attached hydrogen (secondary N) is 1. The van der Waals surface area contributed by atoms with E-state index in [1.165, 1.54) is 6.20 Å². The van der Waals surface area contributed by atoms with Gasteiger partial charge in [-0.2, -0.15) is 9.97 Å². The number of aliphatic carboxylic acids is 1. The van der Waals surface area contributed by atoms with Crippen molar-refractivity contribution in [1.82, 2.24) is 19.5 Å². The van der Waals surface area contributed by atoms with Crippen LogP contribution < -0.4 is 21.5 Å². The Morgan fingerprint density at radius 1 is 1.12 bits per heavy atom. The molecule has 0 saturated heterocycles. The maximum Gasteiger partial charge on any atom is 0.355 e. The minimum Gasteiger partial charge on any atom is -0.494 e. The molecule has 0 fully saturated rings. The van der Waals surface area contributed by atoms with Crippen molar-refractivity contribution in [3.8, 4) is 11.4 Å². The number of nitrogens with zero attached hydrogens (tertiary/aromatic N) is 4. The molecule has 0 bridgehead atoms. The predicted octanol–water partition coefficient (Wildman–Crippen LogP) is 4.05. The largest absolute Gasteiger partial charge is 0.494 e. The highest BCUT2D eigenvalue weighted by Gasteiger charge is 2.17. The van der Waals surface area contributed by atoms with E-state index in [4.69, 9.17) is 38.8 Å². The van der Waals surface area contributed by atoms with E-state index in [-0.39, 0.29) is 39.6 Å². The quantitative estimate of drug-likeness (QED) is 0.305. The van der Waals surface area contributed by atoms with Crippen molar-refractivity contribution >= 4 is 57.7 Å². The molecule has 0 amide bonds. The molecule has 4 N–H and O–H groups in total. The predicted molar refractivity (Wildman–Crippen MR) is 129 cm³/mol. The van der Waals surface area contributed by atoms with Crippen molar-refractivity contribution in [2.45, 2.75) is 12.8 Å². The molecule has 0 saturated carbocycles. The van der Waals surface area contributed by atoms with Crippen molar-refractivity contribution in [3.63, 3.8) is 0 Å². The number of nitrogens with two attached hydrogens (primary N) is 1. The maximum absolute atomic E-state index is 12.7. The first kappa shape index (κ1) is 23.3. The van der Waals surface area contributed by atoms with E-state index in [9.17, 15) is 9.59 Å². The van der Waals surface area contributed by atoms with Gasteiger partial charge >= 0.3 is 11.7 Å². The fourth-order valence-electron chi connectivity index (χ4n) is 3.16. The highest BCUT2D eigenvalue weighted by Crippen LogP contribution is 2.30. The minimum absolute atomic E-state index is 0.0496. The van der Waals surface area contributed by atoms with E-state index in [0.29, 0.717) is 29.9 Å². The van der Waals surface area contributed by atoms with Crippen LogP contribution in [-0.2, 0) is 4.79 Å². The third kappa shape index (κ3) is 5.03. The number of halogens is 2. The molecular weight excluding hydrogens is 483 g/mol. The van der Waals surface area contributed by atoms with Gasteiger partial charge in [-0.15, -0.1) is 0 Å². The summed E-state index contributed by atoms with van der Waals surface area (Å²) in [5, 5.41) is 12.5. The standard InChI is InChI=1S/C22H18Cl2N6O4/c23-15-3-1-4-16(24)18(15)30-19(25)14-11-26-21(28-20(14)29-22(30)33)27-12-6-8-13(9-7-12)34-10-2-5-17(31)32/h1,3-4,6-9,11H,2,5,10,25H2,(H,31,32)(H,27,28,29,33). The third-order valence-corrected chi connectivity index (χ3v) is 5.36. The first-order valence-corrected chi connectivity index (χ1v) is 10.8. The van der Waals surface area contributed by atoms with Crippen LogP contribution in [0.15, 0.2) is 53.5 Å². The lowest BCUT2D eigenvalue weighted by molar-refractivity contribution is -0.137. The molecule has 0 unspecified atom stereocenters. The van der Waals surface area contributed by atoms with Gasteiger partial charge in [0.2, 0.25) is 5.95 Å². The van der Waals surface area contributed by atoms with Crippen molar-refractivity contribution in [3.05, 3.63) is 69.2 Å². The molecule has 34 heavy (non-hydrogen) atoms. The summed E-state index contributed by atoms with van der Waals surface area (Å²) in [7, 11) is 0. The SMILES string of the molecule is Nc1c2cnc(Nc3ccc(OCCCC(=O)O)cc3)nc2nc(=O)n1-c1c(Cl)cccc1Cl. The highest BCUT2D eigenvalue weighted by atomic mass is 35.5. The van der Waals surface area contributed by atoms with E-state index in [1.54, 1.807) is 42.5 Å². The molecule has 2 aromatic carbocycles. The lowest BCUT2D eigenvalue weighted by Crippen LogP contribution is -2.25. The molecule has 0 radical (unpaired) electrons. The summed E-state index contributed by atoms with van der Waals surface area (Å²) in [6.45, 7) is 0.302. The molecule has 4 rings (SSSR count). The highest BCUT2D eigenvalue weighted by molar-refractivity contribution is 6.37. The Labute approximate surface area is 203 Å². The average molecular weight is 501 g/mol. The molecule has 0 aliphatic rings. The van der Waals surface area contributed by atoms with E-state index < -0.39 is 11.7 Å². The monoisotopic (exact) mass is 500 g/mol. The Morgan fingerprint density at radius 2 is 1.82 bits per heavy atom. The van der Waals surface area contributed by atoms with Gasteiger partial charge in [0.05, 0.1) is 27.7 Å². The molecule has 174 valence electrons. The molecule has 4 aromatic rings. The molecular formula is C22H18Cl2N6O4. The van der Waals surface area contributed by atoms with Crippen molar-refractivity contribution in [2.75, 3.05) is 17.7 Å². The Kier molecular flexibility index (Phi) is 6.80. The molecule has 0 spiro atoms. The van der Waals surface area contributed by atoms with Gasteiger partial charge < -0.3 is 20.9 Å². The number of benzene rings is 2. The fraction of sp³-hybridized carbons (Fsp3) is 0.136. The zero-order chi connectivity index (χ0) is 24.2. The maximum atomic E-state index is 12.7. The number of fused-ring (bicyclic) bond motifs is 1. The fourth-order valence-corrected chi connectivity index (χ4v) is 3.73. The Bertz CT molecular complexity index is 1410. The number of carboxylic acid groups (broad SMARTS) is 1. The number of ether oxygens (including phenoxy) is 1. The van der Waals surface area contributed by atoms with E-state index >= 15 is 0 Å². The van der Waals surface area contributed by atoms with Crippen LogP contribution in [0.5, 0.6) is 5.75 Å². The summed E-state index contributed by atoms with van der Waals surface area (Å²) < 4.78 is 6.63. The number of hydrogen-bond acceptors (Lipinski definition) is 8. The number of carboxylic acids is 1. The normalized spacial score (nSPS) is 10.9. The summed E-state index contributed by atoms with van der Waals surface area (Å²) in [6, 6.07) is 11.8. The van der Waals surface area contributed by atoms with Crippen molar-refractivity contribution < 1.29 is 14.6 Å². The van der Waals surface area contributed by atoms with Crippen molar-refractivity contribution in [1.29, 1.82) is 0 Å². The van der Waals surface area contributed by atoms with Crippen LogP contribution in [-0.4, -0.2) is 37.2 Å². The summed E-state index contributed by atoms with van der Waals surface area (Å²) in [5.74, 6) is 0.00774. The van der Waals surface area contributed by atoms with Gasteiger partial charge in [0.1, 0.15) is 11.6 Å². The number of anilines is 3. The second-order valence-corrected chi connectivity index (χ2v) is 7.93. The number of para-hydroxylation sites is 1. The smallest absolute Gasteiger partial charge is 0.355 e. The molecule has 2 heterocycles. The summed E-state index contributed by atoms with van der Waals surface area (Å²) in [5.41, 5.74) is 6.56. The number of rotatable bonds is 8. The van der Waals surface area contributed by atoms with Crippen LogP contribution in [0.3, 0.4) is 0 Å². The molecule has 12 heteroatoms. The molecule has 2 aromatic heterocycles. The Morgan fingerprint density at radius 3 is 2.50 bits per heavy atom. The Hall–Kier alpha value is -3.89. The lowest BCUT2D eigenvalue weighted by atomic mass is 10.3. The Balaban J connectivity index is 1.55. The third-order valence-electron chi connectivity index (χ3n) is 4.75. The van der Waals surface area contributed by atoms with Crippen molar-refractivity contribution in [2.24, 2.45) is 0 Å². The first-order valence-electron chi connectivity index (χ1n) is 10.0. The van der Waals surface area contributed by atoms with Gasteiger partial charge in [-0.1, -0.05) is 29.3 Å². The molecule has 0 atom stereocenters. The first-order chi connectivity index (χ1) is 16.3. The van der Waals surface area contributed by atoms with E-state index in [1.807, 2.05) is 0 Å². The number of hydrogen-bond donors (Lipinski definition) is 3. The van der Waals surface area contributed by atoms with E-state index in [2.05, 4.69) is 20.3 Å². The number of nitrogen functional groups attached to an aromatic ring is 1. The van der Waals surface area contributed by atoms with Crippen LogP contribution in [0.2, 0.25) is 10.0 Å². The second kappa shape index (κ2) is 9.94. The van der Waals surface area contributed by atoms with Gasteiger partial charge in [-0.25, -0.2) is 14.3 Å². The number of carbonyl (C=O) groups is 1. The van der Waals surface area contributed by atoms with Gasteiger partial charge in [0.15, 0.2) is 5.65 Å². The van der Waals surface area contributed by atoms with Crippen LogP contribution in [0, 0.1) is 0 Å².